The van der Waals surface area contributed by atoms with E-state index in [1.807, 2.05) is 50.3 Å². The van der Waals surface area contributed by atoms with Crippen LogP contribution < -0.4 is 9.64 Å². The van der Waals surface area contributed by atoms with Crippen LogP contribution in [0.1, 0.15) is 18.9 Å². The van der Waals surface area contributed by atoms with E-state index in [1.54, 1.807) is 24.3 Å². The van der Waals surface area contributed by atoms with Gasteiger partial charge in [0.05, 0.1) is 17.5 Å². The molecule has 2 aromatic rings. The summed E-state index contributed by atoms with van der Waals surface area (Å²) in [5, 5.41) is 0. The molecule has 1 heterocycles. The van der Waals surface area contributed by atoms with E-state index in [1.165, 1.54) is 4.90 Å². The molecule has 2 aromatic carbocycles. The Morgan fingerprint density at radius 2 is 1.77 bits per heavy atom. The van der Waals surface area contributed by atoms with Gasteiger partial charge in [0.2, 0.25) is 11.8 Å². The first-order chi connectivity index (χ1) is 12.5. The lowest BCUT2D eigenvalue weighted by molar-refractivity contribution is -0.122. The Balaban J connectivity index is 1.55. The Kier molecular flexibility index (Phi) is 4.11. The lowest BCUT2D eigenvalue weighted by Gasteiger charge is -2.22. The van der Waals surface area contributed by atoms with Gasteiger partial charge in [0.1, 0.15) is 11.5 Å². The maximum Gasteiger partial charge on any atom is 0.238 e. The van der Waals surface area contributed by atoms with E-state index in [2.05, 4.69) is 0 Å². The van der Waals surface area contributed by atoms with E-state index in [-0.39, 0.29) is 29.6 Å². The van der Waals surface area contributed by atoms with Gasteiger partial charge in [-0.05, 0) is 61.2 Å². The smallest absolute Gasteiger partial charge is 0.238 e. The molecule has 132 valence electrons. The number of hydrogen-bond donors (Lipinski definition) is 0. The van der Waals surface area contributed by atoms with E-state index < -0.39 is 0 Å². The number of carbonyl (C=O) groups is 2. The highest BCUT2D eigenvalue weighted by atomic mass is 16.5. The van der Waals surface area contributed by atoms with Crippen LogP contribution in [0.25, 0.3) is 0 Å². The van der Waals surface area contributed by atoms with E-state index in [4.69, 9.17) is 4.74 Å². The predicted molar refractivity (Wildman–Crippen MR) is 100 cm³/mol. The van der Waals surface area contributed by atoms with Crippen LogP contribution in [0.5, 0.6) is 11.5 Å². The molecule has 1 fully saturated rings. The Labute approximate surface area is 153 Å². The maximum atomic E-state index is 12.8. The zero-order valence-electron chi connectivity index (χ0n) is 14.9. The first-order valence-electron chi connectivity index (χ1n) is 8.93. The van der Waals surface area contributed by atoms with Crippen molar-refractivity contribution in [2.24, 2.45) is 17.8 Å². The zero-order chi connectivity index (χ0) is 18.3. The van der Waals surface area contributed by atoms with Gasteiger partial charge in [0.25, 0.3) is 0 Å². The number of aryl methyl sites for hydroxylation is 1. The van der Waals surface area contributed by atoms with Crippen molar-refractivity contribution in [3.63, 3.8) is 0 Å². The van der Waals surface area contributed by atoms with Gasteiger partial charge in [-0.15, -0.1) is 0 Å². The number of hydrogen-bond acceptors (Lipinski definition) is 3. The number of carbonyl (C=O) groups excluding carboxylic acids is 2. The molecule has 4 nitrogen and oxygen atoms in total. The number of benzene rings is 2. The summed E-state index contributed by atoms with van der Waals surface area (Å²) in [6.45, 7) is 4.01. The summed E-state index contributed by atoms with van der Waals surface area (Å²) in [5.41, 5.74) is 1.73. The number of allylic oxidation sites excluding steroid dienone is 2. The fourth-order valence-corrected chi connectivity index (χ4v) is 3.88. The summed E-state index contributed by atoms with van der Waals surface area (Å²) in [7, 11) is 0. The van der Waals surface area contributed by atoms with E-state index >= 15 is 0 Å². The molecule has 3 atom stereocenters. The van der Waals surface area contributed by atoms with Crippen LogP contribution in [0.2, 0.25) is 0 Å². The highest BCUT2D eigenvalue weighted by Gasteiger charge is 2.50. The van der Waals surface area contributed by atoms with Gasteiger partial charge < -0.3 is 4.74 Å². The van der Waals surface area contributed by atoms with Crippen molar-refractivity contribution in [2.75, 3.05) is 4.90 Å². The highest BCUT2D eigenvalue weighted by molar-refractivity contribution is 6.22. The summed E-state index contributed by atoms with van der Waals surface area (Å²) < 4.78 is 5.84. The lowest BCUT2D eigenvalue weighted by atomic mass is 9.78. The fourth-order valence-electron chi connectivity index (χ4n) is 3.88. The number of rotatable bonds is 3. The molecular formula is C22H21NO3. The van der Waals surface area contributed by atoms with Crippen LogP contribution in [-0.4, -0.2) is 11.8 Å². The molecule has 0 unspecified atom stereocenters. The quantitative estimate of drug-likeness (QED) is 0.607. The second-order valence-electron chi connectivity index (χ2n) is 7.08. The van der Waals surface area contributed by atoms with Gasteiger partial charge in [-0.25, -0.2) is 0 Å². The number of amides is 2. The van der Waals surface area contributed by atoms with Crippen molar-refractivity contribution >= 4 is 17.5 Å². The Hall–Kier alpha value is -2.88. The normalized spacial score (nSPS) is 24.7. The third kappa shape index (κ3) is 2.81. The largest absolute Gasteiger partial charge is 0.457 e. The number of nitrogens with zero attached hydrogens (tertiary/aromatic N) is 1. The fraction of sp³-hybridized carbons (Fsp3) is 0.273. The Bertz CT molecular complexity index is 885. The second kappa shape index (κ2) is 6.45. The molecule has 0 saturated carbocycles. The third-order valence-corrected chi connectivity index (χ3v) is 5.19. The molecule has 4 rings (SSSR count). The van der Waals surface area contributed by atoms with Gasteiger partial charge in [-0.2, -0.15) is 0 Å². The summed E-state index contributed by atoms with van der Waals surface area (Å²) in [5.74, 6) is 0.871. The van der Waals surface area contributed by atoms with Crippen molar-refractivity contribution in [1.82, 2.24) is 0 Å². The molecule has 2 amide bonds. The SMILES string of the molecule is Cc1cccc(Oc2ccc(N3C(=O)[C@H]4[C@@H](C)C=CC[C@H]4C3=O)cc2)c1. The van der Waals surface area contributed by atoms with Crippen LogP contribution in [0.15, 0.2) is 60.7 Å². The molecule has 2 aliphatic rings. The molecule has 0 N–H and O–H groups in total. The van der Waals surface area contributed by atoms with Crippen molar-refractivity contribution in [1.29, 1.82) is 0 Å². The molecule has 1 aliphatic carbocycles. The van der Waals surface area contributed by atoms with Gasteiger partial charge in [-0.3, -0.25) is 14.5 Å². The Morgan fingerprint density at radius 3 is 2.46 bits per heavy atom. The summed E-state index contributed by atoms with van der Waals surface area (Å²) in [6, 6.07) is 14.9. The van der Waals surface area contributed by atoms with Crippen molar-refractivity contribution in [3.05, 3.63) is 66.2 Å². The summed E-state index contributed by atoms with van der Waals surface area (Å²) in [4.78, 5) is 26.9. The van der Waals surface area contributed by atoms with Crippen LogP contribution in [0.3, 0.4) is 0 Å². The average Bonchev–Trinajstić information content (AvgIpc) is 2.88. The third-order valence-electron chi connectivity index (χ3n) is 5.19. The van der Waals surface area contributed by atoms with Crippen molar-refractivity contribution in [2.45, 2.75) is 20.3 Å². The van der Waals surface area contributed by atoms with Gasteiger partial charge >= 0.3 is 0 Å². The molecular weight excluding hydrogens is 326 g/mol. The van der Waals surface area contributed by atoms with Gasteiger partial charge in [-0.1, -0.05) is 31.2 Å². The summed E-state index contributed by atoms with van der Waals surface area (Å²) in [6.07, 6.45) is 4.69. The molecule has 1 saturated heterocycles. The number of fused-ring (bicyclic) bond motifs is 1. The minimum Gasteiger partial charge on any atom is -0.457 e. The topological polar surface area (TPSA) is 46.6 Å². The van der Waals surface area contributed by atoms with E-state index in [0.717, 1.165) is 11.3 Å². The van der Waals surface area contributed by atoms with Gasteiger partial charge in [0.15, 0.2) is 0 Å². The monoisotopic (exact) mass is 347 g/mol. The van der Waals surface area contributed by atoms with Crippen molar-refractivity contribution in [3.8, 4) is 11.5 Å². The standard InChI is InChI=1S/C22H21NO3/c1-14-5-3-7-18(13-14)26-17-11-9-16(10-12-17)23-21(24)19-8-4-6-15(2)20(19)22(23)25/h3-7,9-13,15,19-20H,8H2,1-2H3/t15-,19+,20-/m0/s1. The summed E-state index contributed by atoms with van der Waals surface area (Å²) >= 11 is 0. The lowest BCUT2D eigenvalue weighted by Crippen LogP contribution is -2.31. The Morgan fingerprint density at radius 1 is 1.00 bits per heavy atom. The molecule has 4 heteroatoms. The number of anilines is 1. The van der Waals surface area contributed by atoms with E-state index in [0.29, 0.717) is 17.9 Å². The first kappa shape index (κ1) is 16.6. The molecule has 26 heavy (non-hydrogen) atoms. The molecule has 0 spiro atoms. The van der Waals surface area contributed by atoms with Crippen LogP contribution >= 0.6 is 0 Å². The van der Waals surface area contributed by atoms with Crippen molar-refractivity contribution < 1.29 is 14.3 Å². The molecule has 0 aromatic heterocycles. The average molecular weight is 347 g/mol. The first-order valence-corrected chi connectivity index (χ1v) is 8.93. The highest BCUT2D eigenvalue weighted by Crippen LogP contribution is 2.40. The van der Waals surface area contributed by atoms with Crippen LogP contribution in [0.4, 0.5) is 5.69 Å². The zero-order valence-corrected chi connectivity index (χ0v) is 14.9. The maximum absolute atomic E-state index is 12.8. The van der Waals surface area contributed by atoms with Crippen LogP contribution in [0, 0.1) is 24.7 Å². The number of imide groups is 1. The number of ether oxygens (including phenoxy) is 1. The van der Waals surface area contributed by atoms with Crippen LogP contribution in [-0.2, 0) is 9.59 Å². The minimum absolute atomic E-state index is 0.0933. The molecule has 0 bridgehead atoms. The second-order valence-corrected chi connectivity index (χ2v) is 7.08. The molecule has 0 radical (unpaired) electrons. The molecule has 1 aliphatic heterocycles. The van der Waals surface area contributed by atoms with Gasteiger partial charge in [0, 0.05) is 0 Å². The predicted octanol–water partition coefficient (Wildman–Crippen LogP) is 4.49. The van der Waals surface area contributed by atoms with E-state index in [9.17, 15) is 9.59 Å². The minimum atomic E-state index is -0.240.